The Morgan fingerprint density at radius 1 is 1.20 bits per heavy atom. The highest BCUT2D eigenvalue weighted by molar-refractivity contribution is 6.74. The van der Waals surface area contributed by atoms with Crippen LogP contribution in [0.15, 0.2) is 23.8 Å². The largest absolute Gasteiger partial charge is 0.463 e. The predicted molar refractivity (Wildman–Crippen MR) is 128 cm³/mol. The fourth-order valence-electron chi connectivity index (χ4n) is 3.33. The van der Waals surface area contributed by atoms with E-state index >= 15 is 0 Å². The van der Waals surface area contributed by atoms with E-state index in [9.17, 15) is 4.79 Å². The molecule has 0 aromatic carbocycles. The number of unbranched alkanes of at least 4 members (excludes halogenated alkanes) is 5. The molecule has 0 spiro atoms. The van der Waals surface area contributed by atoms with Gasteiger partial charge in [-0.05, 0) is 49.9 Å². The minimum atomic E-state index is -1.95. The van der Waals surface area contributed by atoms with Gasteiger partial charge in [0.25, 0.3) is 0 Å². The number of rotatable bonds is 12. The lowest BCUT2D eigenvalue weighted by Crippen LogP contribution is -2.49. The zero-order valence-electron chi connectivity index (χ0n) is 20.6. The van der Waals surface area contributed by atoms with E-state index in [1.165, 1.54) is 25.7 Å². The summed E-state index contributed by atoms with van der Waals surface area (Å²) in [6, 6.07) is 0. The van der Waals surface area contributed by atoms with Crippen molar-refractivity contribution in [1.29, 1.82) is 0 Å². The fourth-order valence-corrected chi connectivity index (χ4v) is 4.63. The number of hydrogen-bond donors (Lipinski definition) is 0. The Kier molecular flexibility index (Phi) is 11.6. The number of carbonyl (C=O) groups is 1. The molecule has 0 amide bonds. The van der Waals surface area contributed by atoms with Gasteiger partial charge in [-0.2, -0.15) is 0 Å². The number of hydrogen-bond acceptors (Lipinski definition) is 4. The van der Waals surface area contributed by atoms with Crippen LogP contribution in [0.5, 0.6) is 0 Å². The quantitative estimate of drug-likeness (QED) is 0.109. The van der Waals surface area contributed by atoms with Crippen molar-refractivity contribution in [2.45, 2.75) is 116 Å². The third kappa shape index (κ3) is 9.48. The first-order valence-electron chi connectivity index (χ1n) is 11.8. The summed E-state index contributed by atoms with van der Waals surface area (Å²) in [6.07, 6.45) is 10.00. The van der Waals surface area contributed by atoms with Crippen molar-refractivity contribution in [2.24, 2.45) is 0 Å². The molecule has 1 aliphatic rings. The summed E-state index contributed by atoms with van der Waals surface area (Å²) in [5.74, 6) is -0.252. The zero-order chi connectivity index (χ0) is 22.8. The first kappa shape index (κ1) is 27.1. The molecule has 0 radical (unpaired) electrons. The van der Waals surface area contributed by atoms with E-state index in [2.05, 4.69) is 47.4 Å². The van der Waals surface area contributed by atoms with E-state index in [4.69, 9.17) is 13.9 Å². The summed E-state index contributed by atoms with van der Waals surface area (Å²) in [6.45, 7) is 20.9. The van der Waals surface area contributed by atoms with Crippen LogP contribution < -0.4 is 0 Å². The highest BCUT2D eigenvalue weighted by atomic mass is 28.4. The molecule has 174 valence electrons. The van der Waals surface area contributed by atoms with Crippen LogP contribution in [0.2, 0.25) is 18.1 Å². The van der Waals surface area contributed by atoms with Crippen LogP contribution in [0.3, 0.4) is 0 Å². The van der Waals surface area contributed by atoms with Crippen molar-refractivity contribution < 1.29 is 18.7 Å². The normalized spacial score (nSPS) is 21.0. The minimum absolute atomic E-state index is 0.0945. The summed E-state index contributed by atoms with van der Waals surface area (Å²) < 4.78 is 18.1. The van der Waals surface area contributed by atoms with Gasteiger partial charge in [-0.25, -0.2) is 4.79 Å². The van der Waals surface area contributed by atoms with Crippen molar-refractivity contribution in [3.8, 4) is 0 Å². The Hall–Kier alpha value is -0.913. The molecule has 1 heterocycles. The van der Waals surface area contributed by atoms with Crippen LogP contribution in [-0.4, -0.2) is 39.7 Å². The molecule has 0 aromatic heterocycles. The third-order valence-corrected chi connectivity index (χ3v) is 10.8. The maximum absolute atomic E-state index is 12.2. The highest BCUT2D eigenvalue weighted by Gasteiger charge is 2.42. The molecule has 4 nitrogen and oxygen atoms in total. The SMILES string of the molecule is C=C1CCO[C@H](C/C(C)=C/C(=O)OCCCCCCCC)[C@H]1O[Si](C)(C)C(C)(C)C. The Labute approximate surface area is 186 Å². The molecular weight excluding hydrogens is 392 g/mol. The lowest BCUT2D eigenvalue weighted by molar-refractivity contribution is -0.137. The number of carbonyl (C=O) groups excluding carboxylic acids is 1. The highest BCUT2D eigenvalue weighted by Crippen LogP contribution is 2.40. The monoisotopic (exact) mass is 438 g/mol. The summed E-state index contributed by atoms with van der Waals surface area (Å²) >= 11 is 0. The molecule has 0 saturated carbocycles. The fraction of sp³-hybridized carbons (Fsp3) is 0.800. The average molecular weight is 439 g/mol. The number of ether oxygens (including phenoxy) is 2. The Bertz CT molecular complexity index is 574. The topological polar surface area (TPSA) is 44.8 Å². The standard InChI is InChI=1S/C25H46O4Si/c1-9-10-11-12-13-14-16-28-23(26)19-20(2)18-22-24(21(3)15-17-27-22)29-30(7,8)25(4,5)6/h19,22,24H,3,9-18H2,1-2,4-8H3/b20-19+/t22-,24+/m1/s1. The van der Waals surface area contributed by atoms with Gasteiger partial charge >= 0.3 is 5.97 Å². The molecule has 1 rings (SSSR count). The van der Waals surface area contributed by atoms with Gasteiger partial charge in [0.2, 0.25) is 0 Å². The van der Waals surface area contributed by atoms with Crippen LogP contribution in [0.4, 0.5) is 0 Å². The van der Waals surface area contributed by atoms with E-state index in [1.807, 2.05) is 6.92 Å². The Morgan fingerprint density at radius 3 is 2.47 bits per heavy atom. The van der Waals surface area contributed by atoms with E-state index < -0.39 is 8.32 Å². The molecule has 0 N–H and O–H groups in total. The van der Waals surface area contributed by atoms with Crippen LogP contribution in [-0.2, 0) is 18.7 Å². The maximum atomic E-state index is 12.2. The van der Waals surface area contributed by atoms with E-state index in [-0.39, 0.29) is 23.2 Å². The lowest BCUT2D eigenvalue weighted by atomic mass is 9.95. The van der Waals surface area contributed by atoms with Gasteiger partial charge in [0, 0.05) is 6.08 Å². The average Bonchev–Trinajstić information content (AvgIpc) is 2.62. The van der Waals surface area contributed by atoms with Crippen molar-refractivity contribution in [3.05, 3.63) is 23.8 Å². The summed E-state index contributed by atoms with van der Waals surface area (Å²) in [7, 11) is -1.95. The molecule has 1 saturated heterocycles. The van der Waals surface area contributed by atoms with Gasteiger partial charge in [-0.3, -0.25) is 0 Å². The molecule has 0 aromatic rings. The van der Waals surface area contributed by atoms with Gasteiger partial charge in [-0.1, -0.05) is 72.0 Å². The van der Waals surface area contributed by atoms with Crippen molar-refractivity contribution >= 4 is 14.3 Å². The summed E-state index contributed by atoms with van der Waals surface area (Å²) in [4.78, 5) is 12.2. The first-order valence-corrected chi connectivity index (χ1v) is 14.7. The van der Waals surface area contributed by atoms with Gasteiger partial charge in [0.15, 0.2) is 8.32 Å². The summed E-state index contributed by atoms with van der Waals surface area (Å²) in [5, 5.41) is 0.126. The molecule has 0 bridgehead atoms. The van der Waals surface area contributed by atoms with Crippen LogP contribution >= 0.6 is 0 Å². The van der Waals surface area contributed by atoms with Crippen LogP contribution in [0.25, 0.3) is 0 Å². The zero-order valence-corrected chi connectivity index (χ0v) is 21.6. The van der Waals surface area contributed by atoms with Gasteiger partial charge in [0.1, 0.15) is 0 Å². The van der Waals surface area contributed by atoms with E-state index in [0.717, 1.165) is 30.4 Å². The molecule has 0 unspecified atom stereocenters. The molecule has 30 heavy (non-hydrogen) atoms. The van der Waals surface area contributed by atoms with Crippen molar-refractivity contribution in [3.63, 3.8) is 0 Å². The van der Waals surface area contributed by atoms with Crippen molar-refractivity contribution in [1.82, 2.24) is 0 Å². The van der Waals surface area contributed by atoms with E-state index in [0.29, 0.717) is 19.6 Å². The number of esters is 1. The molecule has 0 aliphatic carbocycles. The molecule has 1 aliphatic heterocycles. The second-order valence-corrected chi connectivity index (χ2v) is 15.0. The van der Waals surface area contributed by atoms with Gasteiger partial charge < -0.3 is 13.9 Å². The van der Waals surface area contributed by atoms with Crippen LogP contribution in [0.1, 0.15) is 86.0 Å². The second-order valence-electron chi connectivity index (χ2n) is 10.2. The molecule has 1 fully saturated rings. The lowest BCUT2D eigenvalue weighted by Gasteiger charge is -2.43. The molecule has 5 heteroatoms. The van der Waals surface area contributed by atoms with Gasteiger partial charge in [-0.15, -0.1) is 0 Å². The minimum Gasteiger partial charge on any atom is -0.463 e. The molecular formula is C25H46O4Si. The van der Waals surface area contributed by atoms with Crippen LogP contribution in [0, 0.1) is 0 Å². The smallest absolute Gasteiger partial charge is 0.330 e. The van der Waals surface area contributed by atoms with Crippen molar-refractivity contribution in [2.75, 3.05) is 13.2 Å². The second kappa shape index (κ2) is 12.8. The Morgan fingerprint density at radius 2 is 1.83 bits per heavy atom. The third-order valence-electron chi connectivity index (χ3n) is 6.35. The summed E-state index contributed by atoms with van der Waals surface area (Å²) in [5.41, 5.74) is 2.07. The predicted octanol–water partition coefficient (Wildman–Crippen LogP) is 6.96. The van der Waals surface area contributed by atoms with Gasteiger partial charge in [0.05, 0.1) is 25.4 Å². The molecule has 2 atom stereocenters. The maximum Gasteiger partial charge on any atom is 0.330 e. The van der Waals surface area contributed by atoms with E-state index in [1.54, 1.807) is 6.08 Å². The first-order chi connectivity index (χ1) is 14.0. The Balaban J connectivity index is 2.56.